The molecule has 0 spiro atoms. The fourth-order valence-electron chi connectivity index (χ4n) is 3.93. The summed E-state index contributed by atoms with van der Waals surface area (Å²) in [6, 6.07) is 17.2. The van der Waals surface area contributed by atoms with E-state index in [9.17, 15) is 13.2 Å². The van der Waals surface area contributed by atoms with Crippen molar-refractivity contribution >= 4 is 38.1 Å². The fourth-order valence-corrected chi connectivity index (χ4v) is 6.37. The van der Waals surface area contributed by atoms with Gasteiger partial charge in [0.05, 0.1) is 22.0 Å². The summed E-state index contributed by atoms with van der Waals surface area (Å²) in [6.45, 7) is 1.89. The lowest BCUT2D eigenvalue weighted by atomic mass is 10.1. The van der Waals surface area contributed by atoms with Gasteiger partial charge in [0.25, 0.3) is 15.9 Å². The highest BCUT2D eigenvalue weighted by atomic mass is 32.2. The summed E-state index contributed by atoms with van der Waals surface area (Å²) in [6.07, 6.45) is 2.46. The van der Waals surface area contributed by atoms with Gasteiger partial charge in [0.2, 0.25) is 0 Å². The Kier molecular flexibility index (Phi) is 5.07. The third-order valence-electron chi connectivity index (χ3n) is 5.40. The van der Waals surface area contributed by atoms with Crippen LogP contribution in [0.4, 0.5) is 10.8 Å². The summed E-state index contributed by atoms with van der Waals surface area (Å²) >= 11 is 1.30. The standard InChI is InChI=1S/C23H20N4O3S2/c1-15-12-16-6-2-3-10-21(16)27(15)32(29,30)18-8-4-7-17(13-18)22(28)26-23-25-20(14-31-23)19-9-5-11-24-19/h2-11,13-15,24H,12H2,1H3,(H,25,26,28). The first-order valence-corrected chi connectivity index (χ1v) is 12.4. The van der Waals surface area contributed by atoms with Crippen LogP contribution in [-0.2, 0) is 16.4 Å². The molecule has 2 aromatic carbocycles. The zero-order valence-electron chi connectivity index (χ0n) is 17.1. The van der Waals surface area contributed by atoms with Crippen molar-refractivity contribution in [3.8, 4) is 11.4 Å². The van der Waals surface area contributed by atoms with Crippen molar-refractivity contribution in [2.24, 2.45) is 0 Å². The average Bonchev–Trinajstić information content (AvgIpc) is 3.53. The molecule has 0 radical (unpaired) electrons. The molecule has 0 bridgehead atoms. The molecule has 1 aliphatic rings. The van der Waals surface area contributed by atoms with Crippen LogP contribution >= 0.6 is 11.3 Å². The third-order valence-corrected chi connectivity index (χ3v) is 8.08. The van der Waals surface area contributed by atoms with Crippen LogP contribution in [-0.4, -0.2) is 30.3 Å². The first kappa shape index (κ1) is 20.5. The Morgan fingerprint density at radius 3 is 2.81 bits per heavy atom. The van der Waals surface area contributed by atoms with E-state index in [1.54, 1.807) is 18.3 Å². The molecule has 1 atom stereocenters. The van der Waals surface area contributed by atoms with Crippen molar-refractivity contribution in [2.75, 3.05) is 9.62 Å². The molecule has 1 unspecified atom stereocenters. The minimum atomic E-state index is -3.82. The van der Waals surface area contributed by atoms with Crippen LogP contribution in [0.25, 0.3) is 11.4 Å². The van der Waals surface area contributed by atoms with Gasteiger partial charge in [-0.05, 0) is 55.3 Å². The number of thiazole rings is 1. The van der Waals surface area contributed by atoms with Crippen LogP contribution in [0.3, 0.4) is 0 Å². The average molecular weight is 465 g/mol. The number of nitrogens with one attached hydrogen (secondary N) is 2. The Morgan fingerprint density at radius 2 is 2.00 bits per heavy atom. The van der Waals surface area contributed by atoms with Gasteiger partial charge in [-0.25, -0.2) is 13.4 Å². The number of H-pyrrole nitrogens is 1. The lowest BCUT2D eigenvalue weighted by Gasteiger charge is -2.24. The predicted octanol–water partition coefficient (Wildman–Crippen LogP) is 4.53. The molecule has 9 heteroatoms. The van der Waals surface area contributed by atoms with E-state index >= 15 is 0 Å². The number of aromatic nitrogens is 2. The number of nitrogens with zero attached hydrogens (tertiary/aromatic N) is 2. The number of amides is 1. The molecule has 0 saturated carbocycles. The zero-order chi connectivity index (χ0) is 22.3. The van der Waals surface area contributed by atoms with E-state index in [0.29, 0.717) is 17.2 Å². The molecule has 2 aromatic heterocycles. The van der Waals surface area contributed by atoms with Gasteiger partial charge in [-0.1, -0.05) is 24.3 Å². The molecule has 162 valence electrons. The second-order valence-electron chi connectivity index (χ2n) is 7.59. The summed E-state index contributed by atoms with van der Waals surface area (Å²) < 4.78 is 28.4. The van der Waals surface area contributed by atoms with Crippen LogP contribution in [0, 0.1) is 0 Å². The van der Waals surface area contributed by atoms with Gasteiger partial charge < -0.3 is 4.98 Å². The first-order chi connectivity index (χ1) is 15.4. The maximum atomic E-state index is 13.5. The fraction of sp³-hybridized carbons (Fsp3) is 0.130. The highest BCUT2D eigenvalue weighted by molar-refractivity contribution is 7.92. The molecule has 5 rings (SSSR count). The van der Waals surface area contributed by atoms with Gasteiger partial charge in [0.15, 0.2) is 5.13 Å². The van der Waals surface area contributed by atoms with Gasteiger partial charge in [-0.15, -0.1) is 11.3 Å². The quantitative estimate of drug-likeness (QED) is 0.454. The number of anilines is 2. The van der Waals surface area contributed by atoms with Crippen molar-refractivity contribution in [1.82, 2.24) is 9.97 Å². The first-order valence-electron chi connectivity index (χ1n) is 10.1. The largest absolute Gasteiger partial charge is 0.360 e. The molecule has 3 heterocycles. The number of rotatable bonds is 5. The summed E-state index contributed by atoms with van der Waals surface area (Å²) in [5.74, 6) is -0.413. The molecule has 4 aromatic rings. The van der Waals surface area contributed by atoms with Gasteiger partial charge in [0, 0.05) is 23.2 Å². The molecule has 1 amide bonds. The Morgan fingerprint density at radius 1 is 1.16 bits per heavy atom. The molecule has 0 fully saturated rings. The highest BCUT2D eigenvalue weighted by Crippen LogP contribution is 2.36. The lowest BCUT2D eigenvalue weighted by molar-refractivity contribution is 0.102. The van der Waals surface area contributed by atoms with Crippen LogP contribution in [0.5, 0.6) is 0 Å². The van der Waals surface area contributed by atoms with Crippen LogP contribution in [0.2, 0.25) is 0 Å². The van der Waals surface area contributed by atoms with Crippen LogP contribution in [0.15, 0.2) is 77.1 Å². The number of fused-ring (bicyclic) bond motifs is 1. The molecule has 0 saturated heterocycles. The molecular formula is C23H20N4O3S2. The summed E-state index contributed by atoms with van der Waals surface area (Å²) in [7, 11) is -3.82. The smallest absolute Gasteiger partial charge is 0.264 e. The van der Waals surface area contributed by atoms with E-state index < -0.39 is 15.9 Å². The minimum Gasteiger partial charge on any atom is -0.360 e. The monoisotopic (exact) mass is 464 g/mol. The second-order valence-corrected chi connectivity index (χ2v) is 10.3. The van der Waals surface area contributed by atoms with Gasteiger partial charge in [-0.2, -0.15) is 0 Å². The lowest BCUT2D eigenvalue weighted by Crippen LogP contribution is -2.35. The maximum Gasteiger partial charge on any atom is 0.264 e. The van der Waals surface area contributed by atoms with Gasteiger partial charge >= 0.3 is 0 Å². The van der Waals surface area contributed by atoms with Gasteiger partial charge in [-0.3, -0.25) is 14.4 Å². The number of carbonyl (C=O) groups excluding carboxylic acids is 1. The van der Waals surface area contributed by atoms with Crippen molar-refractivity contribution in [3.05, 3.63) is 83.4 Å². The van der Waals surface area contributed by atoms with E-state index in [1.807, 2.05) is 48.7 Å². The molecule has 1 aliphatic heterocycles. The number of sulfonamides is 1. The molecule has 2 N–H and O–H groups in total. The Hall–Kier alpha value is -3.43. The van der Waals surface area contributed by atoms with E-state index in [1.165, 1.54) is 27.8 Å². The normalized spacial score (nSPS) is 15.5. The van der Waals surface area contributed by atoms with Crippen molar-refractivity contribution < 1.29 is 13.2 Å². The number of para-hydroxylation sites is 1. The highest BCUT2D eigenvalue weighted by Gasteiger charge is 2.36. The summed E-state index contributed by atoms with van der Waals surface area (Å²) in [5, 5.41) is 5.04. The summed E-state index contributed by atoms with van der Waals surface area (Å²) in [5.41, 5.74) is 3.53. The minimum absolute atomic E-state index is 0.0833. The zero-order valence-corrected chi connectivity index (χ0v) is 18.8. The van der Waals surface area contributed by atoms with E-state index in [2.05, 4.69) is 15.3 Å². The number of benzene rings is 2. The SMILES string of the molecule is CC1Cc2ccccc2N1S(=O)(=O)c1cccc(C(=O)Nc2nc(-c3ccc[nH]3)cs2)c1. The van der Waals surface area contributed by atoms with Crippen LogP contribution in [0.1, 0.15) is 22.8 Å². The summed E-state index contributed by atoms with van der Waals surface area (Å²) in [4.78, 5) is 20.4. The van der Waals surface area contributed by atoms with Crippen molar-refractivity contribution in [1.29, 1.82) is 0 Å². The third kappa shape index (κ3) is 3.59. The Labute approximate surface area is 189 Å². The Balaban J connectivity index is 1.40. The van der Waals surface area contributed by atoms with E-state index in [4.69, 9.17) is 0 Å². The predicted molar refractivity (Wildman–Crippen MR) is 126 cm³/mol. The molecule has 32 heavy (non-hydrogen) atoms. The number of carbonyl (C=O) groups is 1. The van der Waals surface area contributed by atoms with Gasteiger partial charge in [0.1, 0.15) is 0 Å². The van der Waals surface area contributed by atoms with E-state index in [-0.39, 0.29) is 16.5 Å². The van der Waals surface area contributed by atoms with Crippen molar-refractivity contribution in [2.45, 2.75) is 24.3 Å². The van der Waals surface area contributed by atoms with Crippen molar-refractivity contribution in [3.63, 3.8) is 0 Å². The number of hydrogen-bond donors (Lipinski definition) is 2. The van der Waals surface area contributed by atoms with E-state index in [0.717, 1.165) is 17.0 Å². The topological polar surface area (TPSA) is 95.2 Å². The Bertz CT molecular complexity index is 1390. The maximum absolute atomic E-state index is 13.5. The molecule has 0 aliphatic carbocycles. The molecule has 7 nitrogen and oxygen atoms in total. The second kappa shape index (κ2) is 7.92. The number of aromatic amines is 1. The molecular weight excluding hydrogens is 444 g/mol. The van der Waals surface area contributed by atoms with Crippen LogP contribution < -0.4 is 9.62 Å². The number of hydrogen-bond acceptors (Lipinski definition) is 5.